The van der Waals surface area contributed by atoms with Gasteiger partial charge in [-0.3, -0.25) is 14.9 Å². The summed E-state index contributed by atoms with van der Waals surface area (Å²) in [6, 6.07) is 4.42. The number of nitrogens with zero attached hydrogens (tertiary/aromatic N) is 3. The monoisotopic (exact) mass is 406 g/mol. The minimum atomic E-state index is -0.501. The van der Waals surface area contributed by atoms with Crippen LogP contribution in [0, 0.1) is 17.0 Å². The summed E-state index contributed by atoms with van der Waals surface area (Å²) in [5, 5.41) is 22.1. The molecule has 1 fully saturated rings. The van der Waals surface area contributed by atoms with Gasteiger partial charge in [-0.15, -0.1) is 10.2 Å². The Bertz CT molecular complexity index is 835. The summed E-state index contributed by atoms with van der Waals surface area (Å²) < 4.78 is 5.56. The Balaban J connectivity index is 1.48. The number of thioether (sulfide) groups is 1. The maximum atomic E-state index is 12.3. The Hall–Kier alpha value is -2.46. The lowest BCUT2D eigenvalue weighted by Crippen LogP contribution is -3.13. The number of carbonyl (C=O) groups excluding carboxylic acids is 1. The minimum absolute atomic E-state index is 0.0753. The zero-order valence-electron chi connectivity index (χ0n) is 15.8. The summed E-state index contributed by atoms with van der Waals surface area (Å²) in [7, 11) is 0. The van der Waals surface area contributed by atoms with Crippen LogP contribution >= 0.6 is 11.8 Å². The first kappa shape index (κ1) is 20.3. The predicted octanol–water partition coefficient (Wildman–Crippen LogP) is 1.38. The minimum Gasteiger partial charge on any atom is -0.414 e. The SMILES string of the molecule is Cc1c(C(=O)NCc2nnc(SCC[NH+]3CCCCC3)o2)cccc1[N+](=O)[O-]. The van der Waals surface area contributed by atoms with Gasteiger partial charge in [-0.2, -0.15) is 0 Å². The van der Waals surface area contributed by atoms with E-state index in [1.54, 1.807) is 17.9 Å². The van der Waals surface area contributed by atoms with Gasteiger partial charge in [-0.05, 0) is 32.3 Å². The predicted molar refractivity (Wildman–Crippen MR) is 103 cm³/mol. The van der Waals surface area contributed by atoms with Crippen LogP contribution in [-0.2, 0) is 6.54 Å². The molecule has 0 spiro atoms. The molecule has 1 aromatic carbocycles. The van der Waals surface area contributed by atoms with Crippen molar-refractivity contribution in [3.63, 3.8) is 0 Å². The van der Waals surface area contributed by atoms with Crippen LogP contribution < -0.4 is 10.2 Å². The van der Waals surface area contributed by atoms with Gasteiger partial charge in [0.15, 0.2) is 0 Å². The van der Waals surface area contributed by atoms with Crippen molar-refractivity contribution in [2.24, 2.45) is 0 Å². The number of rotatable bonds is 8. The number of nitro groups is 1. The van der Waals surface area contributed by atoms with E-state index >= 15 is 0 Å². The highest BCUT2D eigenvalue weighted by molar-refractivity contribution is 7.99. The number of carbonyl (C=O) groups is 1. The van der Waals surface area contributed by atoms with Gasteiger partial charge >= 0.3 is 0 Å². The smallest absolute Gasteiger partial charge is 0.276 e. The van der Waals surface area contributed by atoms with E-state index < -0.39 is 10.8 Å². The Morgan fingerprint density at radius 1 is 1.32 bits per heavy atom. The van der Waals surface area contributed by atoms with Crippen molar-refractivity contribution in [2.45, 2.75) is 38.0 Å². The lowest BCUT2D eigenvalue weighted by molar-refractivity contribution is -0.902. The first-order valence-corrected chi connectivity index (χ1v) is 10.3. The third kappa shape index (κ3) is 5.29. The number of nitrogens with one attached hydrogen (secondary N) is 2. The average Bonchev–Trinajstić information content (AvgIpc) is 3.14. The molecule has 2 heterocycles. The molecular weight excluding hydrogens is 382 g/mol. The molecule has 1 aliphatic heterocycles. The zero-order valence-corrected chi connectivity index (χ0v) is 16.6. The maximum absolute atomic E-state index is 12.3. The van der Waals surface area contributed by atoms with Gasteiger partial charge in [-0.1, -0.05) is 17.8 Å². The highest BCUT2D eigenvalue weighted by Crippen LogP contribution is 2.21. The quantitative estimate of drug-likeness (QED) is 0.386. The Labute approximate surface area is 167 Å². The second kappa shape index (κ2) is 9.65. The number of hydrogen-bond acceptors (Lipinski definition) is 7. The van der Waals surface area contributed by atoms with Gasteiger partial charge < -0.3 is 14.6 Å². The van der Waals surface area contributed by atoms with Crippen LogP contribution in [0.2, 0.25) is 0 Å². The van der Waals surface area contributed by atoms with Crippen LogP contribution in [-0.4, -0.2) is 46.4 Å². The fourth-order valence-electron chi connectivity index (χ4n) is 3.27. The van der Waals surface area contributed by atoms with Crippen molar-refractivity contribution in [3.05, 3.63) is 45.3 Å². The summed E-state index contributed by atoms with van der Waals surface area (Å²) in [6.07, 6.45) is 3.94. The van der Waals surface area contributed by atoms with Crippen LogP contribution in [0.3, 0.4) is 0 Å². The lowest BCUT2D eigenvalue weighted by Gasteiger charge is -2.22. The lowest BCUT2D eigenvalue weighted by atomic mass is 10.1. The molecule has 9 nitrogen and oxygen atoms in total. The first-order chi connectivity index (χ1) is 13.5. The third-order valence-electron chi connectivity index (χ3n) is 4.84. The Kier molecular flexibility index (Phi) is 6.99. The standard InChI is InChI=1S/C18H23N5O4S/c1-13-14(6-5-7-15(13)23(25)26)17(24)19-12-16-20-21-18(27-16)28-11-10-22-8-3-2-4-9-22/h5-7H,2-4,8-12H2,1H3,(H,19,24)/p+1. The van der Waals surface area contributed by atoms with Crippen molar-refractivity contribution >= 4 is 23.4 Å². The van der Waals surface area contributed by atoms with Crippen molar-refractivity contribution in [3.8, 4) is 0 Å². The molecule has 2 aromatic rings. The molecule has 28 heavy (non-hydrogen) atoms. The largest absolute Gasteiger partial charge is 0.414 e. The van der Waals surface area contributed by atoms with Gasteiger partial charge in [-0.25, -0.2) is 0 Å². The molecular formula is C18H24N5O4S+. The fraction of sp³-hybridized carbons (Fsp3) is 0.500. The Morgan fingerprint density at radius 2 is 2.11 bits per heavy atom. The Morgan fingerprint density at radius 3 is 2.86 bits per heavy atom. The molecule has 3 rings (SSSR count). The van der Waals surface area contributed by atoms with Gasteiger partial charge in [0.25, 0.3) is 16.8 Å². The first-order valence-electron chi connectivity index (χ1n) is 9.35. The van der Waals surface area contributed by atoms with Gasteiger partial charge in [0.1, 0.15) is 0 Å². The highest BCUT2D eigenvalue weighted by Gasteiger charge is 2.19. The van der Waals surface area contributed by atoms with E-state index in [0.29, 0.717) is 16.7 Å². The molecule has 10 heteroatoms. The molecule has 0 unspecified atom stereocenters. The van der Waals surface area contributed by atoms with Crippen molar-refractivity contribution in [1.29, 1.82) is 0 Å². The molecule has 0 radical (unpaired) electrons. The highest BCUT2D eigenvalue weighted by atomic mass is 32.2. The van der Waals surface area contributed by atoms with Gasteiger partial charge in [0.05, 0.1) is 36.9 Å². The third-order valence-corrected chi connectivity index (χ3v) is 5.66. The summed E-state index contributed by atoms with van der Waals surface area (Å²) in [4.78, 5) is 24.5. The number of benzene rings is 1. The zero-order chi connectivity index (χ0) is 19.9. The summed E-state index contributed by atoms with van der Waals surface area (Å²) in [6.45, 7) is 5.17. The molecule has 2 N–H and O–H groups in total. The van der Waals surface area contributed by atoms with Crippen molar-refractivity contribution in [1.82, 2.24) is 15.5 Å². The van der Waals surface area contributed by atoms with Gasteiger partial charge in [0.2, 0.25) is 5.89 Å². The number of amides is 1. The molecule has 1 aliphatic rings. The average molecular weight is 406 g/mol. The molecule has 1 amide bonds. The summed E-state index contributed by atoms with van der Waals surface area (Å²) >= 11 is 1.52. The normalized spacial score (nSPS) is 14.8. The van der Waals surface area contributed by atoms with Crippen molar-refractivity contribution in [2.75, 3.05) is 25.4 Å². The van der Waals surface area contributed by atoms with E-state index in [1.807, 2.05) is 0 Å². The fourth-order valence-corrected chi connectivity index (χ4v) is 4.09. The van der Waals surface area contributed by atoms with Crippen LogP contribution in [0.15, 0.2) is 27.8 Å². The molecule has 0 saturated carbocycles. The number of hydrogen-bond donors (Lipinski definition) is 2. The number of likely N-dealkylation sites (tertiary alicyclic amines) is 1. The molecule has 1 aromatic heterocycles. The summed E-state index contributed by atoms with van der Waals surface area (Å²) in [5.41, 5.74) is 0.500. The second-order valence-electron chi connectivity index (χ2n) is 6.76. The second-order valence-corrected chi connectivity index (χ2v) is 7.81. The van der Waals surface area contributed by atoms with Gasteiger partial charge in [0, 0.05) is 17.2 Å². The van der Waals surface area contributed by atoms with E-state index in [-0.39, 0.29) is 17.8 Å². The maximum Gasteiger partial charge on any atom is 0.276 e. The number of nitro benzene ring substituents is 1. The van der Waals surface area contributed by atoms with Crippen LogP contribution in [0.5, 0.6) is 0 Å². The van der Waals surface area contributed by atoms with Crippen LogP contribution in [0.4, 0.5) is 5.69 Å². The van der Waals surface area contributed by atoms with Crippen LogP contribution in [0.25, 0.3) is 0 Å². The number of aromatic nitrogens is 2. The number of quaternary nitrogens is 1. The van der Waals surface area contributed by atoms with Crippen LogP contribution in [0.1, 0.15) is 41.1 Å². The molecule has 0 aliphatic carbocycles. The van der Waals surface area contributed by atoms with E-state index in [1.165, 1.54) is 56.2 Å². The molecule has 0 atom stereocenters. The number of piperidine rings is 1. The molecule has 1 saturated heterocycles. The molecule has 150 valence electrons. The van der Waals surface area contributed by atoms with E-state index in [9.17, 15) is 14.9 Å². The van der Waals surface area contributed by atoms with E-state index in [0.717, 1.165) is 12.3 Å². The van der Waals surface area contributed by atoms with E-state index in [4.69, 9.17) is 4.42 Å². The topological polar surface area (TPSA) is 116 Å². The van der Waals surface area contributed by atoms with Crippen molar-refractivity contribution < 1.29 is 19.0 Å². The van der Waals surface area contributed by atoms with E-state index in [2.05, 4.69) is 15.5 Å². The summed E-state index contributed by atoms with van der Waals surface area (Å²) in [5.74, 6) is 0.808. The molecule has 0 bridgehead atoms.